The van der Waals surface area contributed by atoms with Crippen molar-refractivity contribution in [1.29, 1.82) is 0 Å². The number of benzene rings is 2. The number of thiocarbonyl (C=S) groups is 1. The first-order valence-corrected chi connectivity index (χ1v) is 7.70. The largest absolute Gasteiger partial charge is 0.497 e. The van der Waals surface area contributed by atoms with Crippen molar-refractivity contribution < 1.29 is 4.74 Å². The Morgan fingerprint density at radius 1 is 1.23 bits per heavy atom. The molecule has 0 aliphatic rings. The van der Waals surface area contributed by atoms with Gasteiger partial charge >= 0.3 is 0 Å². The van der Waals surface area contributed by atoms with Gasteiger partial charge in [0.15, 0.2) is 5.11 Å². The summed E-state index contributed by atoms with van der Waals surface area (Å²) in [6.45, 7) is 2.69. The van der Waals surface area contributed by atoms with Crippen LogP contribution in [0.3, 0.4) is 0 Å². The van der Waals surface area contributed by atoms with E-state index in [4.69, 9.17) is 28.6 Å². The van der Waals surface area contributed by atoms with E-state index in [-0.39, 0.29) is 0 Å². The Hall–Kier alpha value is -1.78. The van der Waals surface area contributed by atoms with Crippen molar-refractivity contribution in [1.82, 2.24) is 4.90 Å². The van der Waals surface area contributed by atoms with Crippen LogP contribution in [-0.4, -0.2) is 24.2 Å². The monoisotopic (exact) mass is 334 g/mol. The van der Waals surface area contributed by atoms with Gasteiger partial charge in [-0.3, -0.25) is 0 Å². The standard InChI is InChI=1S/C17H19ClN2OS/c1-12-15(18)5-4-6-16(12)19-17(22)20(2)11-13-7-9-14(21-3)10-8-13/h4-10H,11H2,1-3H3,(H,19,22). The van der Waals surface area contributed by atoms with Crippen LogP contribution in [0.15, 0.2) is 42.5 Å². The fourth-order valence-corrected chi connectivity index (χ4v) is 2.38. The molecule has 2 aromatic rings. The smallest absolute Gasteiger partial charge is 0.173 e. The van der Waals surface area contributed by atoms with E-state index in [9.17, 15) is 0 Å². The van der Waals surface area contributed by atoms with Crippen molar-refractivity contribution in [3.05, 3.63) is 58.6 Å². The molecule has 0 spiro atoms. The maximum absolute atomic E-state index is 6.13. The van der Waals surface area contributed by atoms with Crippen LogP contribution in [0.1, 0.15) is 11.1 Å². The molecule has 3 nitrogen and oxygen atoms in total. The van der Waals surface area contributed by atoms with E-state index in [1.165, 1.54) is 0 Å². The minimum Gasteiger partial charge on any atom is -0.497 e. The predicted molar refractivity (Wildman–Crippen MR) is 96.9 cm³/mol. The van der Waals surface area contributed by atoms with Crippen molar-refractivity contribution >= 4 is 34.6 Å². The Morgan fingerprint density at radius 3 is 2.55 bits per heavy atom. The van der Waals surface area contributed by atoms with Crippen LogP contribution < -0.4 is 10.1 Å². The highest BCUT2D eigenvalue weighted by Crippen LogP contribution is 2.23. The van der Waals surface area contributed by atoms with Crippen LogP contribution in [-0.2, 0) is 6.54 Å². The molecule has 0 unspecified atom stereocenters. The van der Waals surface area contributed by atoms with E-state index in [0.717, 1.165) is 34.1 Å². The molecule has 2 aromatic carbocycles. The van der Waals surface area contributed by atoms with Crippen molar-refractivity contribution in [3.8, 4) is 5.75 Å². The van der Waals surface area contributed by atoms with Gasteiger partial charge in [-0.05, 0) is 54.5 Å². The minimum atomic E-state index is 0.654. The number of methoxy groups -OCH3 is 1. The van der Waals surface area contributed by atoms with Crippen LogP contribution in [0.25, 0.3) is 0 Å². The average molecular weight is 335 g/mol. The summed E-state index contributed by atoms with van der Waals surface area (Å²) in [5, 5.41) is 4.62. The molecule has 0 aliphatic carbocycles. The molecular formula is C17H19ClN2OS. The minimum absolute atomic E-state index is 0.654. The van der Waals surface area contributed by atoms with Gasteiger partial charge in [0.25, 0.3) is 0 Å². The van der Waals surface area contributed by atoms with Gasteiger partial charge < -0.3 is 15.0 Å². The molecule has 0 saturated carbocycles. The van der Waals surface area contributed by atoms with Gasteiger partial charge in [-0.15, -0.1) is 0 Å². The molecule has 0 aromatic heterocycles. The lowest BCUT2D eigenvalue weighted by Crippen LogP contribution is -2.30. The highest BCUT2D eigenvalue weighted by molar-refractivity contribution is 7.80. The Labute approximate surface area is 141 Å². The van der Waals surface area contributed by atoms with Crippen LogP contribution in [0, 0.1) is 6.92 Å². The normalized spacial score (nSPS) is 10.2. The molecule has 0 fully saturated rings. The molecule has 0 saturated heterocycles. The van der Waals surface area contributed by atoms with Gasteiger partial charge in [0, 0.05) is 24.3 Å². The molecule has 0 aliphatic heterocycles. The highest BCUT2D eigenvalue weighted by atomic mass is 35.5. The number of halogens is 1. The Balaban J connectivity index is 2.01. The van der Waals surface area contributed by atoms with Gasteiger partial charge in [0.2, 0.25) is 0 Å². The highest BCUT2D eigenvalue weighted by Gasteiger charge is 2.08. The number of anilines is 1. The third kappa shape index (κ3) is 4.12. The zero-order valence-corrected chi connectivity index (χ0v) is 14.5. The van der Waals surface area contributed by atoms with E-state index in [0.29, 0.717) is 5.11 Å². The van der Waals surface area contributed by atoms with Gasteiger partial charge in [-0.2, -0.15) is 0 Å². The number of nitrogens with zero attached hydrogens (tertiary/aromatic N) is 1. The summed E-state index contributed by atoms with van der Waals surface area (Å²) in [5.74, 6) is 0.849. The van der Waals surface area contributed by atoms with E-state index < -0.39 is 0 Å². The molecule has 22 heavy (non-hydrogen) atoms. The number of hydrogen-bond donors (Lipinski definition) is 1. The number of rotatable bonds is 4. The van der Waals surface area contributed by atoms with Gasteiger partial charge in [0.1, 0.15) is 5.75 Å². The molecule has 0 heterocycles. The lowest BCUT2D eigenvalue weighted by molar-refractivity contribution is 0.414. The second-order valence-corrected chi connectivity index (χ2v) is 5.84. The molecule has 1 N–H and O–H groups in total. The predicted octanol–water partition coefficient (Wildman–Crippen LogP) is 4.49. The molecule has 5 heteroatoms. The Kier molecular flexibility index (Phi) is 5.63. The second-order valence-electron chi connectivity index (χ2n) is 5.05. The van der Waals surface area contributed by atoms with E-state index in [1.807, 2.05) is 61.3 Å². The summed E-state index contributed by atoms with van der Waals surface area (Å²) in [7, 11) is 3.62. The number of ether oxygens (including phenoxy) is 1. The summed E-state index contributed by atoms with van der Waals surface area (Å²) >= 11 is 11.6. The lowest BCUT2D eigenvalue weighted by atomic mass is 10.2. The van der Waals surface area contributed by atoms with Crippen LogP contribution in [0.2, 0.25) is 5.02 Å². The third-order valence-corrected chi connectivity index (χ3v) is 4.26. The van der Waals surface area contributed by atoms with Crippen LogP contribution in [0.5, 0.6) is 5.75 Å². The Morgan fingerprint density at radius 2 is 1.91 bits per heavy atom. The molecule has 116 valence electrons. The maximum Gasteiger partial charge on any atom is 0.173 e. The van der Waals surface area contributed by atoms with Gasteiger partial charge in [-0.1, -0.05) is 29.8 Å². The van der Waals surface area contributed by atoms with E-state index in [2.05, 4.69) is 5.32 Å². The molecule has 0 atom stereocenters. The summed E-state index contributed by atoms with van der Waals surface area (Å²) in [4.78, 5) is 1.98. The average Bonchev–Trinajstić information content (AvgIpc) is 2.52. The number of nitrogens with one attached hydrogen (secondary N) is 1. The first kappa shape index (κ1) is 16.6. The van der Waals surface area contributed by atoms with Crippen LogP contribution in [0.4, 0.5) is 5.69 Å². The topological polar surface area (TPSA) is 24.5 Å². The Bertz CT molecular complexity index is 658. The molecule has 2 rings (SSSR count). The van der Waals surface area contributed by atoms with E-state index in [1.54, 1.807) is 7.11 Å². The summed E-state index contributed by atoms with van der Waals surface area (Å²) in [6, 6.07) is 13.7. The fourth-order valence-electron chi connectivity index (χ4n) is 2.03. The third-order valence-electron chi connectivity index (χ3n) is 3.43. The molecule has 0 bridgehead atoms. The molecule has 0 amide bonds. The summed E-state index contributed by atoms with van der Waals surface area (Å²) in [6.07, 6.45) is 0. The SMILES string of the molecule is COc1ccc(CN(C)C(=S)Nc2cccc(Cl)c2C)cc1. The molecule has 0 radical (unpaired) electrons. The van der Waals surface area contributed by atoms with Gasteiger partial charge in [-0.25, -0.2) is 0 Å². The quantitative estimate of drug-likeness (QED) is 0.833. The molecular weight excluding hydrogens is 316 g/mol. The van der Waals surface area contributed by atoms with Crippen molar-refractivity contribution in [2.45, 2.75) is 13.5 Å². The summed E-state index contributed by atoms with van der Waals surface area (Å²) in [5.41, 5.74) is 3.08. The van der Waals surface area contributed by atoms with Crippen molar-refractivity contribution in [3.63, 3.8) is 0 Å². The van der Waals surface area contributed by atoms with Crippen molar-refractivity contribution in [2.24, 2.45) is 0 Å². The van der Waals surface area contributed by atoms with Gasteiger partial charge in [0.05, 0.1) is 7.11 Å². The fraction of sp³-hybridized carbons (Fsp3) is 0.235. The lowest BCUT2D eigenvalue weighted by Gasteiger charge is -2.22. The van der Waals surface area contributed by atoms with E-state index >= 15 is 0 Å². The second kappa shape index (κ2) is 7.47. The maximum atomic E-state index is 6.13. The summed E-state index contributed by atoms with van der Waals surface area (Å²) < 4.78 is 5.16. The van der Waals surface area contributed by atoms with Crippen molar-refractivity contribution in [2.75, 3.05) is 19.5 Å². The van der Waals surface area contributed by atoms with Crippen LogP contribution >= 0.6 is 23.8 Å². The zero-order valence-electron chi connectivity index (χ0n) is 12.9. The first-order chi connectivity index (χ1) is 10.5. The number of hydrogen-bond acceptors (Lipinski definition) is 2. The first-order valence-electron chi connectivity index (χ1n) is 6.91. The zero-order chi connectivity index (χ0) is 16.1.